The van der Waals surface area contributed by atoms with Crippen LogP contribution in [0.25, 0.3) is 0 Å². The summed E-state index contributed by atoms with van der Waals surface area (Å²) in [5.74, 6) is 0. The van der Waals surface area contributed by atoms with Crippen molar-refractivity contribution in [3.8, 4) is 0 Å². The zero-order chi connectivity index (χ0) is 7.98. The molecule has 0 aliphatic carbocycles. The van der Waals surface area contributed by atoms with Gasteiger partial charge in [-0.15, -0.1) is 0 Å². The van der Waals surface area contributed by atoms with Crippen molar-refractivity contribution in [2.75, 3.05) is 13.1 Å². The summed E-state index contributed by atoms with van der Waals surface area (Å²) in [5.41, 5.74) is 0. The molecular weight excluding hydrogens is 217 g/mol. The van der Waals surface area contributed by atoms with Gasteiger partial charge in [0.25, 0.3) is 0 Å². The molecule has 0 rings (SSSR count). The van der Waals surface area contributed by atoms with Gasteiger partial charge in [-0.25, -0.2) is 0 Å². The fourth-order valence-corrected chi connectivity index (χ4v) is 1.20. The first-order valence-corrected chi connectivity index (χ1v) is 4.50. The summed E-state index contributed by atoms with van der Waals surface area (Å²) in [6.07, 6.45) is 2.24. The summed E-state index contributed by atoms with van der Waals surface area (Å²) in [6, 6.07) is 0. The smallest absolute Gasteiger partial charge is 0.412 e. The number of thiocarbonyl (C=S) groups is 1. The minimum absolute atomic E-state index is 0. The summed E-state index contributed by atoms with van der Waals surface area (Å²) in [6.45, 7) is 6.29. The molecule has 0 bridgehead atoms. The number of hydrogen-bond acceptors (Lipinski definition) is 2. The van der Waals surface area contributed by atoms with Gasteiger partial charge in [-0.1, -0.05) is 18.2 Å². The van der Waals surface area contributed by atoms with Gasteiger partial charge in [0.1, 0.15) is 0 Å². The molecule has 0 fully saturated rings. The van der Waals surface area contributed by atoms with E-state index in [2.05, 4.69) is 18.7 Å². The van der Waals surface area contributed by atoms with Crippen molar-refractivity contribution in [1.29, 1.82) is 0 Å². The topological polar surface area (TPSA) is 34.7 Å². The SMILES string of the molecule is CCCN(CCC)C(=S)[S-].O.[K+]. The van der Waals surface area contributed by atoms with E-state index in [4.69, 9.17) is 24.8 Å². The second-order valence-corrected chi connectivity index (χ2v) is 3.28. The monoisotopic (exact) mass is 233 g/mol. The molecule has 0 atom stereocenters. The predicted molar refractivity (Wildman–Crippen MR) is 55.7 cm³/mol. The van der Waals surface area contributed by atoms with E-state index >= 15 is 0 Å². The summed E-state index contributed by atoms with van der Waals surface area (Å²) < 4.78 is 0.615. The molecule has 0 aliphatic heterocycles. The van der Waals surface area contributed by atoms with Crippen molar-refractivity contribution < 1.29 is 56.9 Å². The molecule has 0 aromatic rings. The molecule has 2 N–H and O–H groups in total. The van der Waals surface area contributed by atoms with E-state index in [9.17, 15) is 0 Å². The Morgan fingerprint density at radius 2 is 1.58 bits per heavy atom. The van der Waals surface area contributed by atoms with Crippen LogP contribution in [0.4, 0.5) is 0 Å². The molecule has 0 radical (unpaired) electrons. The van der Waals surface area contributed by atoms with Gasteiger partial charge < -0.3 is 35.2 Å². The normalized spacial score (nSPS) is 7.83. The molecule has 0 saturated heterocycles. The van der Waals surface area contributed by atoms with E-state index in [-0.39, 0.29) is 56.9 Å². The Bertz CT molecular complexity index is 108. The van der Waals surface area contributed by atoms with E-state index in [1.165, 1.54) is 0 Å². The van der Waals surface area contributed by atoms with Crippen molar-refractivity contribution >= 4 is 29.2 Å². The molecular formula is C7H16KNOS2. The van der Waals surface area contributed by atoms with Crippen molar-refractivity contribution in [3.63, 3.8) is 0 Å². The van der Waals surface area contributed by atoms with Gasteiger partial charge in [0.15, 0.2) is 0 Å². The van der Waals surface area contributed by atoms with Crippen molar-refractivity contribution in [2.45, 2.75) is 26.7 Å². The summed E-state index contributed by atoms with van der Waals surface area (Å²) in [7, 11) is 0. The van der Waals surface area contributed by atoms with E-state index in [0.717, 1.165) is 25.9 Å². The molecule has 0 spiro atoms. The molecule has 0 unspecified atom stereocenters. The summed E-state index contributed by atoms with van der Waals surface area (Å²) in [5, 5.41) is 0. The first-order valence-electron chi connectivity index (χ1n) is 3.68. The molecule has 2 nitrogen and oxygen atoms in total. The standard InChI is InChI=1S/C7H15NS2.K.H2O/c1-3-5-8(6-4-2)7(9)10;;/h3-6H2,1-2H3,(H,9,10);;1H2/q;+1;/p-1. The summed E-state index contributed by atoms with van der Waals surface area (Å²) >= 11 is 9.78. The van der Waals surface area contributed by atoms with Crippen molar-refractivity contribution in [1.82, 2.24) is 4.90 Å². The van der Waals surface area contributed by atoms with Crippen LogP contribution in [0.15, 0.2) is 0 Å². The van der Waals surface area contributed by atoms with E-state index in [0.29, 0.717) is 4.32 Å². The van der Waals surface area contributed by atoms with Crippen LogP contribution in [0.3, 0.4) is 0 Å². The van der Waals surface area contributed by atoms with Crippen LogP contribution in [-0.4, -0.2) is 27.8 Å². The van der Waals surface area contributed by atoms with Gasteiger partial charge in [0, 0.05) is 13.1 Å². The van der Waals surface area contributed by atoms with Crippen LogP contribution in [0.5, 0.6) is 0 Å². The van der Waals surface area contributed by atoms with Gasteiger partial charge in [0.2, 0.25) is 0 Å². The number of rotatable bonds is 4. The molecule has 0 heterocycles. The Labute approximate surface area is 129 Å². The van der Waals surface area contributed by atoms with Crippen LogP contribution >= 0.6 is 12.2 Å². The largest absolute Gasteiger partial charge is 1.00 e. The van der Waals surface area contributed by atoms with E-state index < -0.39 is 0 Å². The Kier molecular flexibility index (Phi) is 20.4. The van der Waals surface area contributed by atoms with Gasteiger partial charge >= 0.3 is 51.4 Å². The van der Waals surface area contributed by atoms with Gasteiger partial charge in [-0.2, -0.15) is 0 Å². The van der Waals surface area contributed by atoms with Crippen LogP contribution in [0.2, 0.25) is 0 Å². The second-order valence-electron chi connectivity index (χ2n) is 2.25. The average Bonchev–Trinajstić information content (AvgIpc) is 1.87. The van der Waals surface area contributed by atoms with Crippen LogP contribution in [-0.2, 0) is 12.6 Å². The van der Waals surface area contributed by atoms with Gasteiger partial charge in [-0.3, -0.25) is 0 Å². The third-order valence-electron chi connectivity index (χ3n) is 1.25. The van der Waals surface area contributed by atoms with Gasteiger partial charge in [-0.05, 0) is 12.8 Å². The molecule has 12 heavy (non-hydrogen) atoms. The van der Waals surface area contributed by atoms with E-state index in [1.807, 2.05) is 0 Å². The van der Waals surface area contributed by atoms with Crippen LogP contribution < -0.4 is 51.4 Å². The molecule has 68 valence electrons. The Hall–Kier alpha value is 1.71. The quantitative estimate of drug-likeness (QED) is 0.324. The fourth-order valence-electron chi connectivity index (χ4n) is 0.834. The fraction of sp³-hybridized carbons (Fsp3) is 0.857. The van der Waals surface area contributed by atoms with Gasteiger partial charge in [0.05, 0.1) is 0 Å². The Balaban J connectivity index is -0.000000405. The Morgan fingerprint density at radius 3 is 1.75 bits per heavy atom. The first kappa shape index (κ1) is 19.3. The minimum Gasteiger partial charge on any atom is -0.412 e. The summed E-state index contributed by atoms with van der Waals surface area (Å²) in [4.78, 5) is 2.07. The second kappa shape index (κ2) is 12.7. The first-order chi connectivity index (χ1) is 4.72. The molecule has 0 saturated carbocycles. The Morgan fingerprint density at radius 1 is 1.25 bits per heavy atom. The maximum atomic E-state index is 4.89. The third kappa shape index (κ3) is 9.79. The number of hydrogen-bond donors (Lipinski definition) is 0. The third-order valence-corrected chi connectivity index (χ3v) is 1.76. The van der Waals surface area contributed by atoms with Crippen LogP contribution in [0, 0.1) is 0 Å². The molecule has 0 amide bonds. The maximum Gasteiger partial charge on any atom is 1.00 e. The van der Waals surface area contributed by atoms with Crippen molar-refractivity contribution in [3.05, 3.63) is 0 Å². The number of nitrogens with zero attached hydrogens (tertiary/aromatic N) is 1. The zero-order valence-corrected chi connectivity index (χ0v) is 12.8. The minimum atomic E-state index is 0. The molecule has 0 aliphatic rings. The average molecular weight is 233 g/mol. The molecule has 0 aromatic heterocycles. The zero-order valence-electron chi connectivity index (χ0n) is 8.09. The van der Waals surface area contributed by atoms with Crippen molar-refractivity contribution in [2.24, 2.45) is 0 Å². The predicted octanol–water partition coefficient (Wildman–Crippen LogP) is -1.88. The molecule has 0 aromatic carbocycles. The van der Waals surface area contributed by atoms with Crippen LogP contribution in [0.1, 0.15) is 26.7 Å². The van der Waals surface area contributed by atoms with E-state index in [1.54, 1.807) is 0 Å². The maximum absolute atomic E-state index is 4.89. The molecule has 5 heteroatoms.